The first-order valence-corrected chi connectivity index (χ1v) is 8.62. The number of hydrogen-bond acceptors (Lipinski definition) is 6. The van der Waals surface area contributed by atoms with E-state index in [1.165, 1.54) is 24.1 Å². The van der Waals surface area contributed by atoms with Crippen LogP contribution in [0.15, 0.2) is 18.6 Å². The summed E-state index contributed by atoms with van der Waals surface area (Å²) in [7, 11) is 1.59. The second kappa shape index (κ2) is 6.09. The predicted octanol–water partition coefficient (Wildman–Crippen LogP) is 2.66. The Morgan fingerprint density at radius 2 is 1.96 bits per heavy atom. The Morgan fingerprint density at radius 1 is 1.17 bits per heavy atom. The van der Waals surface area contributed by atoms with E-state index >= 15 is 0 Å². The van der Waals surface area contributed by atoms with Gasteiger partial charge in [0.2, 0.25) is 0 Å². The second-order valence-corrected chi connectivity index (χ2v) is 6.99. The number of rotatable bonds is 4. The van der Waals surface area contributed by atoms with Crippen molar-refractivity contribution in [2.45, 2.75) is 57.7 Å². The molecule has 4 heterocycles. The number of fused-ring (bicyclic) bond motifs is 4. The molecule has 2 atom stereocenters. The molecule has 4 rings (SSSR count). The van der Waals surface area contributed by atoms with E-state index in [0.717, 1.165) is 24.4 Å². The van der Waals surface area contributed by atoms with Gasteiger partial charge in [0.15, 0.2) is 0 Å². The lowest BCUT2D eigenvalue weighted by Crippen LogP contribution is -2.37. The molecule has 2 unspecified atom stereocenters. The van der Waals surface area contributed by atoms with Crippen LogP contribution in [0.4, 0.5) is 0 Å². The Bertz CT molecular complexity index is 731. The van der Waals surface area contributed by atoms with Gasteiger partial charge >= 0.3 is 6.01 Å². The summed E-state index contributed by atoms with van der Waals surface area (Å²) < 4.78 is 5.04. The molecule has 0 saturated carbocycles. The van der Waals surface area contributed by atoms with Gasteiger partial charge in [-0.05, 0) is 12.8 Å². The van der Waals surface area contributed by atoms with Crippen LogP contribution in [-0.2, 0) is 13.0 Å². The van der Waals surface area contributed by atoms with Gasteiger partial charge in [-0.3, -0.25) is 4.90 Å². The molecular formula is C18H23N5O. The van der Waals surface area contributed by atoms with Gasteiger partial charge in [0.1, 0.15) is 5.82 Å². The van der Waals surface area contributed by atoms with E-state index in [2.05, 4.69) is 39.9 Å². The SMILES string of the molecule is COc1ncc(CN2C3CCC2c2cnc(C(C)C)nc2C3)cn1. The van der Waals surface area contributed by atoms with Crippen LogP contribution in [0.5, 0.6) is 6.01 Å². The molecule has 2 aliphatic rings. The molecule has 126 valence electrons. The van der Waals surface area contributed by atoms with Gasteiger partial charge in [0, 0.05) is 60.7 Å². The number of hydrogen-bond donors (Lipinski definition) is 0. The van der Waals surface area contributed by atoms with Crippen molar-refractivity contribution in [2.24, 2.45) is 0 Å². The quantitative estimate of drug-likeness (QED) is 0.861. The summed E-state index contributed by atoms with van der Waals surface area (Å²) in [6.45, 7) is 5.16. The zero-order chi connectivity index (χ0) is 16.7. The van der Waals surface area contributed by atoms with E-state index in [9.17, 15) is 0 Å². The first kappa shape index (κ1) is 15.4. The molecule has 0 aliphatic carbocycles. The highest BCUT2D eigenvalue weighted by atomic mass is 16.5. The van der Waals surface area contributed by atoms with Crippen LogP contribution in [0.1, 0.15) is 61.3 Å². The smallest absolute Gasteiger partial charge is 0.316 e. The average molecular weight is 325 g/mol. The van der Waals surface area contributed by atoms with Gasteiger partial charge in [-0.2, -0.15) is 0 Å². The maximum atomic E-state index is 5.04. The Labute approximate surface area is 142 Å². The summed E-state index contributed by atoms with van der Waals surface area (Å²) in [6, 6.07) is 1.39. The monoisotopic (exact) mass is 325 g/mol. The number of aromatic nitrogens is 4. The summed E-state index contributed by atoms with van der Waals surface area (Å²) in [5, 5.41) is 0. The highest BCUT2D eigenvalue weighted by molar-refractivity contribution is 5.29. The van der Waals surface area contributed by atoms with Crippen molar-refractivity contribution in [2.75, 3.05) is 7.11 Å². The molecule has 24 heavy (non-hydrogen) atoms. The molecule has 2 aromatic rings. The fourth-order valence-electron chi connectivity index (χ4n) is 3.86. The van der Waals surface area contributed by atoms with Crippen LogP contribution in [0.2, 0.25) is 0 Å². The summed E-state index contributed by atoms with van der Waals surface area (Å²) in [5.41, 5.74) is 3.68. The third kappa shape index (κ3) is 2.65. The van der Waals surface area contributed by atoms with Crippen molar-refractivity contribution < 1.29 is 4.74 Å². The minimum atomic E-state index is 0.377. The molecule has 6 heteroatoms. The number of methoxy groups -OCH3 is 1. The molecule has 0 radical (unpaired) electrons. The molecule has 1 saturated heterocycles. The van der Waals surface area contributed by atoms with Crippen molar-refractivity contribution in [3.8, 4) is 6.01 Å². The van der Waals surface area contributed by atoms with Gasteiger partial charge < -0.3 is 4.74 Å². The molecule has 2 aliphatic heterocycles. The van der Waals surface area contributed by atoms with Crippen LogP contribution < -0.4 is 4.74 Å². The summed E-state index contributed by atoms with van der Waals surface area (Å²) in [6.07, 6.45) is 9.19. The topological polar surface area (TPSA) is 64.0 Å². The molecular weight excluding hydrogens is 302 g/mol. The molecule has 1 fully saturated rings. The van der Waals surface area contributed by atoms with Gasteiger partial charge in [-0.25, -0.2) is 19.9 Å². The summed E-state index contributed by atoms with van der Waals surface area (Å²) in [4.78, 5) is 20.4. The first-order valence-electron chi connectivity index (χ1n) is 8.62. The molecule has 2 bridgehead atoms. The second-order valence-electron chi connectivity index (χ2n) is 6.99. The van der Waals surface area contributed by atoms with Crippen LogP contribution >= 0.6 is 0 Å². The van der Waals surface area contributed by atoms with Crippen molar-refractivity contribution >= 4 is 0 Å². The van der Waals surface area contributed by atoms with Gasteiger partial charge in [-0.1, -0.05) is 13.8 Å². The third-order valence-corrected chi connectivity index (χ3v) is 5.10. The minimum absolute atomic E-state index is 0.377. The fraction of sp³-hybridized carbons (Fsp3) is 0.556. The molecule has 0 amide bonds. The van der Waals surface area contributed by atoms with Gasteiger partial charge in [0.25, 0.3) is 0 Å². The van der Waals surface area contributed by atoms with E-state index in [-0.39, 0.29) is 0 Å². The number of nitrogens with zero attached hydrogens (tertiary/aromatic N) is 5. The predicted molar refractivity (Wildman–Crippen MR) is 89.7 cm³/mol. The highest BCUT2D eigenvalue weighted by Crippen LogP contribution is 2.43. The van der Waals surface area contributed by atoms with Crippen molar-refractivity contribution in [3.63, 3.8) is 0 Å². The van der Waals surface area contributed by atoms with Crippen LogP contribution in [0.3, 0.4) is 0 Å². The maximum Gasteiger partial charge on any atom is 0.316 e. The van der Waals surface area contributed by atoms with Gasteiger partial charge in [-0.15, -0.1) is 0 Å². The maximum absolute atomic E-state index is 5.04. The highest BCUT2D eigenvalue weighted by Gasteiger charge is 2.40. The molecule has 6 nitrogen and oxygen atoms in total. The Hall–Kier alpha value is -2.08. The lowest BCUT2D eigenvalue weighted by Gasteiger charge is -2.35. The summed E-state index contributed by atoms with van der Waals surface area (Å²) in [5.74, 6) is 1.34. The molecule has 2 aromatic heterocycles. The van der Waals surface area contributed by atoms with E-state index in [1.807, 2.05) is 12.4 Å². The van der Waals surface area contributed by atoms with Crippen molar-refractivity contribution in [3.05, 3.63) is 41.2 Å². The van der Waals surface area contributed by atoms with Gasteiger partial charge in [0.05, 0.1) is 12.8 Å². The van der Waals surface area contributed by atoms with E-state index < -0.39 is 0 Å². The van der Waals surface area contributed by atoms with E-state index in [0.29, 0.717) is 24.0 Å². The van der Waals surface area contributed by atoms with Crippen molar-refractivity contribution in [1.82, 2.24) is 24.8 Å². The Kier molecular flexibility index (Phi) is 3.92. The number of ether oxygens (including phenoxy) is 1. The fourth-order valence-corrected chi connectivity index (χ4v) is 3.86. The average Bonchev–Trinajstić information content (AvgIpc) is 2.87. The normalized spacial score (nSPS) is 22.7. The zero-order valence-corrected chi connectivity index (χ0v) is 14.4. The lowest BCUT2D eigenvalue weighted by molar-refractivity contribution is 0.165. The first-order chi connectivity index (χ1) is 11.7. The molecule has 0 N–H and O–H groups in total. The van der Waals surface area contributed by atoms with Crippen LogP contribution in [0.25, 0.3) is 0 Å². The van der Waals surface area contributed by atoms with E-state index in [4.69, 9.17) is 9.72 Å². The minimum Gasteiger partial charge on any atom is -0.467 e. The zero-order valence-electron chi connectivity index (χ0n) is 14.4. The standard InChI is InChI=1S/C18H23N5O/c1-11(2)17-19-9-14-15(22-17)6-13-4-5-16(14)23(13)10-12-7-20-18(24-3)21-8-12/h7-9,11,13,16H,4-6,10H2,1-3H3. The molecule has 0 spiro atoms. The van der Waals surface area contributed by atoms with E-state index in [1.54, 1.807) is 7.11 Å². The van der Waals surface area contributed by atoms with Crippen LogP contribution in [0, 0.1) is 0 Å². The summed E-state index contributed by atoms with van der Waals surface area (Å²) >= 11 is 0. The third-order valence-electron chi connectivity index (χ3n) is 5.10. The Morgan fingerprint density at radius 3 is 2.67 bits per heavy atom. The molecule has 0 aromatic carbocycles. The Balaban J connectivity index is 1.58. The van der Waals surface area contributed by atoms with Crippen molar-refractivity contribution in [1.29, 1.82) is 0 Å². The van der Waals surface area contributed by atoms with Crippen LogP contribution in [-0.4, -0.2) is 38.0 Å². The largest absolute Gasteiger partial charge is 0.467 e. The lowest BCUT2D eigenvalue weighted by atomic mass is 9.98.